The maximum atomic E-state index is 9.14. The van der Waals surface area contributed by atoms with Crippen LogP contribution in [0.2, 0.25) is 0 Å². The largest absolute Gasteiger partial charge is 0.395 e. The zero-order chi connectivity index (χ0) is 20.7. The van der Waals surface area contributed by atoms with Crippen molar-refractivity contribution in [3.63, 3.8) is 0 Å². The Balaban J connectivity index is 1.50. The van der Waals surface area contributed by atoms with Gasteiger partial charge < -0.3 is 24.9 Å². The molecule has 1 fully saturated rings. The molecular formula is C21H26N8O. The number of pyridine rings is 2. The number of aliphatic hydroxyl groups excluding tert-OH is 1. The molecule has 0 radical (unpaired) electrons. The highest BCUT2D eigenvalue weighted by atomic mass is 16.3. The quantitative estimate of drug-likeness (QED) is 0.464. The minimum atomic E-state index is 0.210. The SMILES string of the molecule is CNc1nc2[nH]c(-c3cccc(N4CCN(CCO)CC4)n3)cc2c2c1ncn2C. The highest BCUT2D eigenvalue weighted by Crippen LogP contribution is 2.31. The number of anilines is 2. The summed E-state index contributed by atoms with van der Waals surface area (Å²) in [4.78, 5) is 22.2. The summed E-state index contributed by atoms with van der Waals surface area (Å²) in [5, 5.41) is 13.3. The van der Waals surface area contributed by atoms with E-state index in [1.54, 1.807) is 0 Å². The number of fused-ring (bicyclic) bond motifs is 3. The van der Waals surface area contributed by atoms with Gasteiger partial charge in [-0.3, -0.25) is 4.90 Å². The van der Waals surface area contributed by atoms with E-state index in [1.807, 2.05) is 31.1 Å². The normalized spacial score (nSPS) is 15.4. The fraction of sp³-hybridized carbons (Fsp3) is 0.381. The van der Waals surface area contributed by atoms with Crippen LogP contribution in [0.1, 0.15) is 0 Å². The van der Waals surface area contributed by atoms with Crippen molar-refractivity contribution < 1.29 is 5.11 Å². The lowest BCUT2D eigenvalue weighted by Crippen LogP contribution is -2.47. The molecule has 0 aliphatic carbocycles. The molecule has 0 atom stereocenters. The summed E-state index contributed by atoms with van der Waals surface area (Å²) in [7, 11) is 3.85. The lowest BCUT2D eigenvalue weighted by Gasteiger charge is -2.35. The topological polar surface area (TPSA) is 98.1 Å². The van der Waals surface area contributed by atoms with Crippen molar-refractivity contribution in [2.45, 2.75) is 0 Å². The fourth-order valence-electron chi connectivity index (χ4n) is 4.20. The summed E-state index contributed by atoms with van der Waals surface area (Å²) < 4.78 is 2.02. The van der Waals surface area contributed by atoms with Crippen molar-refractivity contribution in [3.05, 3.63) is 30.6 Å². The Labute approximate surface area is 174 Å². The van der Waals surface area contributed by atoms with Crippen LogP contribution >= 0.6 is 0 Å². The van der Waals surface area contributed by atoms with Gasteiger partial charge in [0, 0.05) is 52.2 Å². The lowest BCUT2D eigenvalue weighted by atomic mass is 10.2. The molecule has 1 saturated heterocycles. The van der Waals surface area contributed by atoms with Gasteiger partial charge in [0.15, 0.2) is 5.82 Å². The third-order valence-corrected chi connectivity index (χ3v) is 5.80. The van der Waals surface area contributed by atoms with Crippen LogP contribution in [-0.4, -0.2) is 80.9 Å². The van der Waals surface area contributed by atoms with E-state index in [4.69, 9.17) is 15.1 Å². The average molecular weight is 406 g/mol. The van der Waals surface area contributed by atoms with E-state index >= 15 is 0 Å². The first-order valence-corrected chi connectivity index (χ1v) is 10.2. The van der Waals surface area contributed by atoms with Gasteiger partial charge in [-0.1, -0.05) is 6.07 Å². The molecule has 156 valence electrons. The van der Waals surface area contributed by atoms with Gasteiger partial charge >= 0.3 is 0 Å². The van der Waals surface area contributed by atoms with Crippen molar-refractivity contribution in [2.75, 3.05) is 56.6 Å². The number of imidazole rings is 1. The Morgan fingerprint density at radius 3 is 2.77 bits per heavy atom. The molecule has 0 amide bonds. The van der Waals surface area contributed by atoms with Gasteiger partial charge in [-0.25, -0.2) is 15.0 Å². The molecule has 0 spiro atoms. The second-order valence-electron chi connectivity index (χ2n) is 7.64. The number of aryl methyl sites for hydroxylation is 1. The van der Waals surface area contributed by atoms with Crippen molar-refractivity contribution in [2.24, 2.45) is 7.05 Å². The molecule has 0 saturated carbocycles. The summed E-state index contributed by atoms with van der Waals surface area (Å²) in [6.07, 6.45) is 1.81. The standard InChI is InChI=1S/C21H26N8O/c1-22-21-18-19(27(2)13-23-18)14-12-16(25-20(14)26-21)15-4-3-5-17(24-15)29-8-6-28(7-9-29)10-11-30/h3-5,12-13,30H,6-11H2,1-2H3,(H2,22,25,26). The number of aliphatic hydroxyl groups is 1. The Hall–Kier alpha value is -3.17. The number of aromatic amines is 1. The molecule has 0 aromatic carbocycles. The van der Waals surface area contributed by atoms with Gasteiger partial charge in [-0.2, -0.15) is 0 Å². The van der Waals surface area contributed by atoms with Gasteiger partial charge in [0.1, 0.15) is 17.0 Å². The molecule has 1 aliphatic heterocycles. The monoisotopic (exact) mass is 406 g/mol. The third-order valence-electron chi connectivity index (χ3n) is 5.80. The van der Waals surface area contributed by atoms with E-state index in [1.165, 1.54) is 0 Å². The van der Waals surface area contributed by atoms with Gasteiger partial charge in [0.05, 0.1) is 29.8 Å². The molecule has 4 aromatic rings. The number of hydrogen-bond acceptors (Lipinski definition) is 7. The molecule has 0 unspecified atom stereocenters. The first-order chi connectivity index (χ1) is 14.7. The predicted molar refractivity (Wildman–Crippen MR) is 119 cm³/mol. The third kappa shape index (κ3) is 3.16. The summed E-state index contributed by atoms with van der Waals surface area (Å²) >= 11 is 0. The number of nitrogens with one attached hydrogen (secondary N) is 2. The summed E-state index contributed by atoms with van der Waals surface area (Å²) in [6.45, 7) is 4.64. The van der Waals surface area contributed by atoms with Gasteiger partial charge in [0.25, 0.3) is 0 Å². The van der Waals surface area contributed by atoms with E-state index < -0.39 is 0 Å². The Kier molecular flexibility index (Phi) is 4.76. The molecular weight excluding hydrogens is 380 g/mol. The molecule has 30 heavy (non-hydrogen) atoms. The van der Waals surface area contributed by atoms with Crippen LogP contribution in [0.15, 0.2) is 30.6 Å². The zero-order valence-corrected chi connectivity index (χ0v) is 17.3. The predicted octanol–water partition coefficient (Wildman–Crippen LogP) is 1.67. The lowest BCUT2D eigenvalue weighted by molar-refractivity contribution is 0.188. The molecule has 0 bridgehead atoms. The van der Waals surface area contributed by atoms with Crippen molar-refractivity contribution in [3.8, 4) is 11.4 Å². The van der Waals surface area contributed by atoms with E-state index in [0.717, 1.165) is 77.8 Å². The summed E-state index contributed by atoms with van der Waals surface area (Å²) in [6, 6.07) is 8.24. The van der Waals surface area contributed by atoms with Crippen LogP contribution in [0.25, 0.3) is 33.5 Å². The zero-order valence-electron chi connectivity index (χ0n) is 17.3. The van der Waals surface area contributed by atoms with Crippen molar-refractivity contribution >= 4 is 33.7 Å². The molecule has 3 N–H and O–H groups in total. The van der Waals surface area contributed by atoms with E-state index in [2.05, 4.69) is 43.3 Å². The Morgan fingerprint density at radius 1 is 1.17 bits per heavy atom. The number of rotatable bonds is 5. The fourth-order valence-corrected chi connectivity index (χ4v) is 4.20. The summed E-state index contributed by atoms with van der Waals surface area (Å²) in [5.41, 5.74) is 4.55. The number of nitrogens with zero attached hydrogens (tertiary/aromatic N) is 6. The number of hydrogen-bond donors (Lipinski definition) is 3. The number of aromatic nitrogens is 5. The minimum absolute atomic E-state index is 0.210. The van der Waals surface area contributed by atoms with Crippen LogP contribution in [0.5, 0.6) is 0 Å². The Morgan fingerprint density at radius 2 is 2.00 bits per heavy atom. The second kappa shape index (κ2) is 7.58. The van der Waals surface area contributed by atoms with Crippen LogP contribution < -0.4 is 10.2 Å². The van der Waals surface area contributed by atoms with Gasteiger partial charge in [-0.15, -0.1) is 0 Å². The van der Waals surface area contributed by atoms with Crippen molar-refractivity contribution in [1.82, 2.24) is 29.4 Å². The van der Waals surface area contributed by atoms with E-state index in [-0.39, 0.29) is 6.61 Å². The highest BCUT2D eigenvalue weighted by molar-refractivity contribution is 6.07. The van der Waals surface area contributed by atoms with Gasteiger partial charge in [-0.05, 0) is 18.2 Å². The van der Waals surface area contributed by atoms with Crippen LogP contribution in [-0.2, 0) is 7.05 Å². The Bertz CT molecular complexity index is 1190. The molecule has 4 aromatic heterocycles. The number of β-amino-alcohol motifs (C(OH)–C–C–N with tert-alkyl or cyclic N) is 1. The summed E-state index contributed by atoms with van der Waals surface area (Å²) in [5.74, 6) is 1.73. The molecule has 1 aliphatic rings. The van der Waals surface area contributed by atoms with Gasteiger partial charge in [0.2, 0.25) is 0 Å². The van der Waals surface area contributed by atoms with E-state index in [0.29, 0.717) is 0 Å². The molecule has 9 heteroatoms. The second-order valence-corrected chi connectivity index (χ2v) is 7.64. The maximum Gasteiger partial charge on any atom is 0.156 e. The molecule has 5 heterocycles. The number of H-pyrrole nitrogens is 1. The molecule has 9 nitrogen and oxygen atoms in total. The first kappa shape index (κ1) is 18.8. The van der Waals surface area contributed by atoms with Crippen LogP contribution in [0.3, 0.4) is 0 Å². The van der Waals surface area contributed by atoms with E-state index in [9.17, 15) is 0 Å². The maximum absolute atomic E-state index is 9.14. The first-order valence-electron chi connectivity index (χ1n) is 10.2. The average Bonchev–Trinajstić information content (AvgIpc) is 3.37. The number of piperazine rings is 1. The molecule has 5 rings (SSSR count). The van der Waals surface area contributed by atoms with Crippen molar-refractivity contribution in [1.29, 1.82) is 0 Å². The minimum Gasteiger partial charge on any atom is -0.395 e. The smallest absolute Gasteiger partial charge is 0.156 e. The highest BCUT2D eigenvalue weighted by Gasteiger charge is 2.19. The van der Waals surface area contributed by atoms with Crippen LogP contribution in [0.4, 0.5) is 11.6 Å². The van der Waals surface area contributed by atoms with Crippen LogP contribution in [0, 0.1) is 0 Å².